The summed E-state index contributed by atoms with van der Waals surface area (Å²) in [7, 11) is 0. The highest BCUT2D eigenvalue weighted by Crippen LogP contribution is 2.28. The molecular weight excluding hydrogens is 244 g/mol. The van der Waals surface area contributed by atoms with Crippen molar-refractivity contribution in [1.82, 2.24) is 0 Å². The molecule has 102 valence electrons. The fraction of sp³-hybridized carbons (Fsp3) is 0.231. The smallest absolute Gasteiger partial charge is 0.211 e. The summed E-state index contributed by atoms with van der Waals surface area (Å²) in [6, 6.07) is 5.42. The molecule has 1 aromatic rings. The number of hydrogen-bond acceptors (Lipinski definition) is 4. The highest BCUT2D eigenvalue weighted by atomic mass is 16.5. The van der Waals surface area contributed by atoms with Gasteiger partial charge in [-0.25, -0.2) is 0 Å². The summed E-state index contributed by atoms with van der Waals surface area (Å²) in [5.74, 6) is 1.20. The van der Waals surface area contributed by atoms with Crippen molar-refractivity contribution < 1.29 is 9.47 Å². The SMILES string of the molecule is C=CCOc1ccc(C=NN=C(N)N)cc1OCC. The molecule has 0 amide bonds. The lowest BCUT2D eigenvalue weighted by Crippen LogP contribution is -2.21. The number of ether oxygens (including phenoxy) is 2. The van der Waals surface area contributed by atoms with E-state index in [2.05, 4.69) is 16.8 Å². The molecule has 0 saturated heterocycles. The molecule has 0 fully saturated rings. The van der Waals surface area contributed by atoms with Crippen molar-refractivity contribution in [1.29, 1.82) is 0 Å². The van der Waals surface area contributed by atoms with Gasteiger partial charge in [-0.2, -0.15) is 5.10 Å². The van der Waals surface area contributed by atoms with Crippen molar-refractivity contribution in [3.05, 3.63) is 36.4 Å². The first kappa shape index (κ1) is 14.6. The van der Waals surface area contributed by atoms with E-state index in [0.29, 0.717) is 24.7 Å². The standard InChI is InChI=1S/C13H18N4O2/c1-3-7-19-11-6-5-10(8-12(11)18-4-2)9-16-17-13(14)15/h3,5-6,8-9H,1,4,7H2,2H3,(H4,14,15,17). The van der Waals surface area contributed by atoms with Crippen LogP contribution in [0.4, 0.5) is 0 Å². The minimum atomic E-state index is -0.0905. The van der Waals surface area contributed by atoms with Crippen molar-refractivity contribution in [3.63, 3.8) is 0 Å². The summed E-state index contributed by atoms with van der Waals surface area (Å²) < 4.78 is 11.0. The molecule has 19 heavy (non-hydrogen) atoms. The third-order valence-electron chi connectivity index (χ3n) is 2.00. The molecule has 1 aromatic carbocycles. The van der Waals surface area contributed by atoms with Crippen molar-refractivity contribution in [2.45, 2.75) is 6.92 Å². The minimum Gasteiger partial charge on any atom is -0.490 e. The van der Waals surface area contributed by atoms with E-state index in [1.54, 1.807) is 18.2 Å². The van der Waals surface area contributed by atoms with Crippen LogP contribution >= 0.6 is 0 Å². The van der Waals surface area contributed by atoms with Gasteiger partial charge in [0.15, 0.2) is 11.5 Å². The Bertz CT molecular complexity index is 480. The maximum atomic E-state index is 5.50. The molecule has 0 unspecified atom stereocenters. The molecule has 1 rings (SSSR count). The summed E-state index contributed by atoms with van der Waals surface area (Å²) in [6.45, 7) is 6.46. The molecule has 6 heteroatoms. The van der Waals surface area contributed by atoms with Crippen LogP contribution in [0.25, 0.3) is 0 Å². The van der Waals surface area contributed by atoms with Crippen molar-refractivity contribution in [3.8, 4) is 11.5 Å². The fourth-order valence-corrected chi connectivity index (χ4v) is 1.30. The molecule has 0 aliphatic rings. The van der Waals surface area contributed by atoms with E-state index >= 15 is 0 Å². The zero-order chi connectivity index (χ0) is 14.1. The molecule has 0 radical (unpaired) electrons. The quantitative estimate of drug-likeness (QED) is 0.334. The van der Waals surface area contributed by atoms with Crippen LogP contribution in [0, 0.1) is 0 Å². The van der Waals surface area contributed by atoms with Gasteiger partial charge in [-0.05, 0) is 30.7 Å². The van der Waals surface area contributed by atoms with E-state index in [9.17, 15) is 0 Å². The van der Waals surface area contributed by atoms with E-state index in [4.69, 9.17) is 20.9 Å². The van der Waals surface area contributed by atoms with Crippen LogP contribution in [0.15, 0.2) is 41.1 Å². The van der Waals surface area contributed by atoms with Crippen molar-refractivity contribution in [2.24, 2.45) is 21.7 Å². The van der Waals surface area contributed by atoms with Gasteiger partial charge in [0.2, 0.25) is 5.96 Å². The Morgan fingerprint density at radius 2 is 2.11 bits per heavy atom. The zero-order valence-corrected chi connectivity index (χ0v) is 10.9. The number of hydrogen-bond donors (Lipinski definition) is 2. The van der Waals surface area contributed by atoms with E-state index in [-0.39, 0.29) is 5.96 Å². The Hall–Kier alpha value is -2.50. The van der Waals surface area contributed by atoms with Crippen molar-refractivity contribution >= 4 is 12.2 Å². The average Bonchev–Trinajstić information content (AvgIpc) is 2.38. The molecule has 0 aromatic heterocycles. The lowest BCUT2D eigenvalue weighted by atomic mass is 10.2. The van der Waals surface area contributed by atoms with Gasteiger partial charge in [0.1, 0.15) is 6.61 Å². The molecule has 0 bridgehead atoms. The summed E-state index contributed by atoms with van der Waals surface area (Å²) in [4.78, 5) is 0. The largest absolute Gasteiger partial charge is 0.490 e. The lowest BCUT2D eigenvalue weighted by Gasteiger charge is -2.11. The maximum absolute atomic E-state index is 5.50. The molecule has 6 nitrogen and oxygen atoms in total. The molecule has 0 aliphatic heterocycles. The number of nitrogens with zero attached hydrogens (tertiary/aromatic N) is 2. The Kier molecular flexibility index (Phi) is 5.94. The number of rotatable bonds is 7. The van der Waals surface area contributed by atoms with Crippen LogP contribution in [0.5, 0.6) is 11.5 Å². The Labute approximate surface area is 112 Å². The number of guanidine groups is 1. The van der Waals surface area contributed by atoms with E-state index in [1.165, 1.54) is 6.21 Å². The second kappa shape index (κ2) is 7.75. The topological polar surface area (TPSA) is 95.2 Å². The summed E-state index contributed by atoms with van der Waals surface area (Å²) in [6.07, 6.45) is 3.20. The normalized spacial score (nSPS) is 10.2. The van der Waals surface area contributed by atoms with Gasteiger partial charge < -0.3 is 20.9 Å². The van der Waals surface area contributed by atoms with Crippen LogP contribution in [-0.4, -0.2) is 25.4 Å². The first-order valence-electron chi connectivity index (χ1n) is 5.80. The highest BCUT2D eigenvalue weighted by Gasteiger charge is 2.05. The van der Waals surface area contributed by atoms with Crippen LogP contribution in [-0.2, 0) is 0 Å². The average molecular weight is 262 g/mol. The monoisotopic (exact) mass is 262 g/mol. The summed E-state index contributed by atoms with van der Waals surface area (Å²) in [5, 5.41) is 7.26. The Balaban J connectivity index is 2.91. The predicted molar refractivity (Wildman–Crippen MR) is 76.7 cm³/mol. The highest BCUT2D eigenvalue weighted by molar-refractivity contribution is 5.82. The molecule has 0 atom stereocenters. The molecule has 0 aliphatic carbocycles. The Morgan fingerprint density at radius 3 is 2.74 bits per heavy atom. The predicted octanol–water partition coefficient (Wildman–Crippen LogP) is 1.26. The third-order valence-corrected chi connectivity index (χ3v) is 2.00. The van der Waals surface area contributed by atoms with Gasteiger partial charge in [-0.15, -0.1) is 5.10 Å². The number of nitrogens with two attached hydrogens (primary N) is 2. The van der Waals surface area contributed by atoms with E-state index in [1.807, 2.05) is 13.0 Å². The van der Waals surface area contributed by atoms with Gasteiger partial charge in [0.25, 0.3) is 0 Å². The van der Waals surface area contributed by atoms with Gasteiger partial charge in [-0.3, -0.25) is 0 Å². The van der Waals surface area contributed by atoms with E-state index in [0.717, 1.165) is 5.56 Å². The van der Waals surface area contributed by atoms with Gasteiger partial charge in [-0.1, -0.05) is 12.7 Å². The molecule has 0 saturated carbocycles. The zero-order valence-electron chi connectivity index (χ0n) is 10.9. The second-order valence-corrected chi connectivity index (χ2v) is 3.51. The first-order valence-corrected chi connectivity index (χ1v) is 5.80. The fourth-order valence-electron chi connectivity index (χ4n) is 1.30. The van der Waals surface area contributed by atoms with Crippen LogP contribution in [0.1, 0.15) is 12.5 Å². The first-order chi connectivity index (χ1) is 9.17. The molecule has 0 spiro atoms. The molecular formula is C13H18N4O2. The van der Waals surface area contributed by atoms with Gasteiger partial charge >= 0.3 is 0 Å². The summed E-state index contributed by atoms with van der Waals surface area (Å²) >= 11 is 0. The van der Waals surface area contributed by atoms with Crippen molar-refractivity contribution in [2.75, 3.05) is 13.2 Å². The van der Waals surface area contributed by atoms with Crippen LogP contribution in [0.2, 0.25) is 0 Å². The lowest BCUT2D eigenvalue weighted by molar-refractivity contribution is 0.297. The van der Waals surface area contributed by atoms with Crippen LogP contribution < -0.4 is 20.9 Å². The molecule has 0 heterocycles. The minimum absolute atomic E-state index is 0.0905. The number of benzene rings is 1. The summed E-state index contributed by atoms with van der Waals surface area (Å²) in [5.41, 5.74) is 11.2. The van der Waals surface area contributed by atoms with Gasteiger partial charge in [0.05, 0.1) is 12.8 Å². The Morgan fingerprint density at radius 1 is 1.32 bits per heavy atom. The third kappa shape index (κ3) is 5.12. The van der Waals surface area contributed by atoms with E-state index < -0.39 is 0 Å². The second-order valence-electron chi connectivity index (χ2n) is 3.51. The molecule has 4 N–H and O–H groups in total. The van der Waals surface area contributed by atoms with Gasteiger partial charge in [0, 0.05) is 0 Å². The maximum Gasteiger partial charge on any atom is 0.211 e. The van der Waals surface area contributed by atoms with Crippen LogP contribution in [0.3, 0.4) is 0 Å².